The van der Waals surface area contributed by atoms with E-state index in [1.54, 1.807) is 0 Å². The average molecular weight is 270 g/mol. The highest BCUT2D eigenvalue weighted by Crippen LogP contribution is 2.12. The largest absolute Gasteiger partial charge is 0.465 e. The van der Waals surface area contributed by atoms with Crippen LogP contribution in [0.1, 0.15) is 91.4 Å². The van der Waals surface area contributed by atoms with Crippen LogP contribution in [0.25, 0.3) is 0 Å². The van der Waals surface area contributed by atoms with Gasteiger partial charge in [-0.1, -0.05) is 72.1 Å². The first-order valence-electron chi connectivity index (χ1n) is 8.42. The molecule has 19 heavy (non-hydrogen) atoms. The Morgan fingerprint density at radius 3 is 1.74 bits per heavy atom. The maximum atomic E-state index is 11.6. The van der Waals surface area contributed by atoms with Gasteiger partial charge in [-0.25, -0.2) is 0 Å². The summed E-state index contributed by atoms with van der Waals surface area (Å²) in [7, 11) is 0. The van der Waals surface area contributed by atoms with Crippen molar-refractivity contribution in [2.75, 3.05) is 6.61 Å². The molecule has 0 aliphatic carbocycles. The van der Waals surface area contributed by atoms with E-state index in [4.69, 9.17) is 4.74 Å². The van der Waals surface area contributed by atoms with Crippen LogP contribution in [0, 0.1) is 5.92 Å². The molecule has 0 bridgehead atoms. The van der Waals surface area contributed by atoms with E-state index in [0.717, 1.165) is 19.3 Å². The number of unbranched alkanes of at least 4 members (excludes halogenated alkanes) is 8. The molecular weight excluding hydrogens is 236 g/mol. The molecule has 0 fully saturated rings. The second-order valence-corrected chi connectivity index (χ2v) is 5.51. The Morgan fingerprint density at radius 1 is 0.789 bits per heavy atom. The molecule has 0 atom stereocenters. The summed E-state index contributed by atoms with van der Waals surface area (Å²) in [6.07, 6.45) is 13.5. The molecule has 0 saturated heterocycles. The second kappa shape index (κ2) is 13.9. The average Bonchev–Trinajstić information content (AvgIpc) is 2.42. The summed E-state index contributed by atoms with van der Waals surface area (Å²) in [6, 6.07) is 0. The van der Waals surface area contributed by atoms with Crippen LogP contribution in [0.2, 0.25) is 0 Å². The summed E-state index contributed by atoms with van der Waals surface area (Å²) < 4.78 is 5.31. The van der Waals surface area contributed by atoms with E-state index in [0.29, 0.717) is 6.61 Å². The molecule has 0 aliphatic rings. The standard InChI is InChI=1S/C17H34O2/c1-4-7-8-9-10-11-12-13-14-15-19-17(18)16(5-2)6-3/h16H,4-15H2,1-3H3. The number of ether oxygens (including phenoxy) is 1. The molecule has 0 aromatic heterocycles. The van der Waals surface area contributed by atoms with E-state index in [2.05, 4.69) is 6.92 Å². The van der Waals surface area contributed by atoms with E-state index >= 15 is 0 Å². The molecule has 0 saturated carbocycles. The molecule has 0 rings (SSSR count). The minimum Gasteiger partial charge on any atom is -0.465 e. The van der Waals surface area contributed by atoms with Gasteiger partial charge >= 0.3 is 5.97 Å². The summed E-state index contributed by atoms with van der Waals surface area (Å²) in [4.78, 5) is 11.6. The number of rotatable bonds is 13. The fourth-order valence-corrected chi connectivity index (χ4v) is 2.33. The first-order chi connectivity index (χ1) is 9.26. The molecule has 0 aromatic rings. The summed E-state index contributed by atoms with van der Waals surface area (Å²) in [5, 5.41) is 0. The van der Waals surface area contributed by atoms with Crippen molar-refractivity contribution >= 4 is 5.97 Å². The van der Waals surface area contributed by atoms with Crippen molar-refractivity contribution in [3.8, 4) is 0 Å². The van der Waals surface area contributed by atoms with Gasteiger partial charge in [-0.05, 0) is 19.3 Å². The van der Waals surface area contributed by atoms with Gasteiger partial charge in [-0.2, -0.15) is 0 Å². The van der Waals surface area contributed by atoms with Crippen LogP contribution in [0.4, 0.5) is 0 Å². The van der Waals surface area contributed by atoms with Gasteiger partial charge in [0, 0.05) is 0 Å². The summed E-state index contributed by atoms with van der Waals surface area (Å²) in [6.45, 7) is 6.97. The fraction of sp³-hybridized carbons (Fsp3) is 0.941. The lowest BCUT2D eigenvalue weighted by Gasteiger charge is -2.11. The highest BCUT2D eigenvalue weighted by Gasteiger charge is 2.14. The third-order valence-corrected chi connectivity index (χ3v) is 3.81. The second-order valence-electron chi connectivity index (χ2n) is 5.51. The van der Waals surface area contributed by atoms with E-state index in [-0.39, 0.29) is 11.9 Å². The number of esters is 1. The lowest BCUT2D eigenvalue weighted by molar-refractivity contribution is -0.148. The Kier molecular flexibility index (Phi) is 13.5. The van der Waals surface area contributed by atoms with Gasteiger partial charge in [0.25, 0.3) is 0 Å². The van der Waals surface area contributed by atoms with Gasteiger partial charge < -0.3 is 4.74 Å². The molecule has 0 heterocycles. The number of hydrogen-bond donors (Lipinski definition) is 0. The highest BCUT2D eigenvalue weighted by molar-refractivity contribution is 5.72. The van der Waals surface area contributed by atoms with E-state index in [9.17, 15) is 4.79 Å². The van der Waals surface area contributed by atoms with Gasteiger partial charge in [0.2, 0.25) is 0 Å². The third-order valence-electron chi connectivity index (χ3n) is 3.81. The maximum absolute atomic E-state index is 11.6. The van der Waals surface area contributed by atoms with Crippen molar-refractivity contribution in [3.05, 3.63) is 0 Å². The SMILES string of the molecule is CCCCCCCCCCCOC(=O)C(CC)CC. The molecule has 0 N–H and O–H groups in total. The molecule has 114 valence electrons. The first kappa shape index (κ1) is 18.5. The molecule has 0 radical (unpaired) electrons. The Labute approximate surface area is 120 Å². The normalized spacial score (nSPS) is 10.9. The minimum absolute atomic E-state index is 0.00423. The maximum Gasteiger partial charge on any atom is 0.308 e. The number of hydrogen-bond acceptors (Lipinski definition) is 2. The van der Waals surface area contributed by atoms with Crippen LogP contribution in [-0.4, -0.2) is 12.6 Å². The van der Waals surface area contributed by atoms with E-state index in [1.165, 1.54) is 51.4 Å². The third kappa shape index (κ3) is 11.0. The van der Waals surface area contributed by atoms with Crippen LogP contribution >= 0.6 is 0 Å². The molecular formula is C17H34O2. The minimum atomic E-state index is 0.00423. The Hall–Kier alpha value is -0.530. The Morgan fingerprint density at radius 2 is 1.26 bits per heavy atom. The molecule has 0 aromatic carbocycles. The predicted octanol–water partition coefficient (Wildman–Crippen LogP) is 5.50. The van der Waals surface area contributed by atoms with Gasteiger partial charge in [-0.15, -0.1) is 0 Å². The van der Waals surface area contributed by atoms with Gasteiger partial charge in [0.1, 0.15) is 0 Å². The molecule has 2 nitrogen and oxygen atoms in total. The zero-order valence-corrected chi connectivity index (χ0v) is 13.4. The molecule has 0 unspecified atom stereocenters. The van der Waals surface area contributed by atoms with Crippen molar-refractivity contribution in [3.63, 3.8) is 0 Å². The van der Waals surface area contributed by atoms with Gasteiger partial charge in [0.15, 0.2) is 0 Å². The molecule has 0 aliphatic heterocycles. The van der Waals surface area contributed by atoms with Crippen molar-refractivity contribution in [2.45, 2.75) is 91.4 Å². The lowest BCUT2D eigenvalue weighted by Crippen LogP contribution is -2.16. The first-order valence-corrected chi connectivity index (χ1v) is 8.42. The molecule has 0 spiro atoms. The molecule has 2 heteroatoms. The van der Waals surface area contributed by atoms with Crippen LogP contribution in [0.5, 0.6) is 0 Å². The summed E-state index contributed by atoms with van der Waals surface area (Å²) in [5.74, 6) is 0.114. The summed E-state index contributed by atoms with van der Waals surface area (Å²) >= 11 is 0. The highest BCUT2D eigenvalue weighted by atomic mass is 16.5. The zero-order valence-electron chi connectivity index (χ0n) is 13.4. The lowest BCUT2D eigenvalue weighted by atomic mass is 10.0. The van der Waals surface area contributed by atoms with Gasteiger partial charge in [-0.3, -0.25) is 4.79 Å². The Bertz CT molecular complexity index is 197. The monoisotopic (exact) mass is 270 g/mol. The van der Waals surface area contributed by atoms with Crippen molar-refractivity contribution in [2.24, 2.45) is 5.92 Å². The van der Waals surface area contributed by atoms with Crippen LogP contribution < -0.4 is 0 Å². The van der Waals surface area contributed by atoms with Gasteiger partial charge in [0.05, 0.1) is 12.5 Å². The predicted molar refractivity (Wildman–Crippen MR) is 82.3 cm³/mol. The number of carbonyl (C=O) groups excluding carboxylic acids is 1. The quantitative estimate of drug-likeness (QED) is 0.326. The Balaban J connectivity index is 3.24. The molecule has 0 amide bonds. The number of carbonyl (C=O) groups is 1. The van der Waals surface area contributed by atoms with E-state index in [1.807, 2.05) is 13.8 Å². The van der Waals surface area contributed by atoms with Crippen LogP contribution in [0.3, 0.4) is 0 Å². The smallest absolute Gasteiger partial charge is 0.308 e. The zero-order chi connectivity index (χ0) is 14.3. The van der Waals surface area contributed by atoms with Crippen molar-refractivity contribution in [1.29, 1.82) is 0 Å². The van der Waals surface area contributed by atoms with Crippen LogP contribution in [-0.2, 0) is 9.53 Å². The van der Waals surface area contributed by atoms with Crippen LogP contribution in [0.15, 0.2) is 0 Å². The topological polar surface area (TPSA) is 26.3 Å². The van der Waals surface area contributed by atoms with Crippen molar-refractivity contribution < 1.29 is 9.53 Å². The fourth-order valence-electron chi connectivity index (χ4n) is 2.33. The van der Waals surface area contributed by atoms with Crippen molar-refractivity contribution in [1.82, 2.24) is 0 Å². The van der Waals surface area contributed by atoms with E-state index < -0.39 is 0 Å². The summed E-state index contributed by atoms with van der Waals surface area (Å²) in [5.41, 5.74) is 0.